The Morgan fingerprint density at radius 3 is 2.48 bits per heavy atom. The van der Waals surface area contributed by atoms with Crippen molar-refractivity contribution in [3.05, 3.63) is 47.4 Å². The van der Waals surface area contributed by atoms with E-state index >= 15 is 0 Å². The lowest BCUT2D eigenvalue weighted by atomic mass is 10.0. The summed E-state index contributed by atoms with van der Waals surface area (Å²) in [4.78, 5) is 0.286. The molecule has 110 valence electrons. The number of hydrogen-bond acceptors (Lipinski definition) is 4. The average molecular weight is 304 g/mol. The lowest BCUT2D eigenvalue weighted by Crippen LogP contribution is -2.27. The molecule has 0 saturated heterocycles. The van der Waals surface area contributed by atoms with E-state index in [1.54, 1.807) is 31.2 Å². The second kappa shape index (κ2) is 4.82. The lowest BCUT2D eigenvalue weighted by molar-refractivity contribution is 0.393. The van der Waals surface area contributed by atoms with Crippen molar-refractivity contribution in [2.45, 2.75) is 31.7 Å². The quantitative estimate of drug-likeness (QED) is 0.881. The minimum absolute atomic E-state index is 0.155. The maximum absolute atomic E-state index is 12.4. The van der Waals surface area contributed by atoms with Gasteiger partial charge in [0.2, 0.25) is 10.0 Å². The molecule has 0 unspecified atom stereocenters. The fourth-order valence-corrected chi connectivity index (χ4v) is 3.73. The Kier molecular flexibility index (Phi) is 3.22. The zero-order valence-electron chi connectivity index (χ0n) is 12.0. The Morgan fingerprint density at radius 1 is 1.19 bits per heavy atom. The van der Waals surface area contributed by atoms with Crippen molar-refractivity contribution in [1.82, 2.24) is 9.88 Å². The highest BCUT2D eigenvalue weighted by molar-refractivity contribution is 7.89. The molecule has 0 bridgehead atoms. The van der Waals surface area contributed by atoms with Crippen molar-refractivity contribution in [3.8, 4) is 11.1 Å². The van der Waals surface area contributed by atoms with Gasteiger partial charge in [-0.15, -0.1) is 0 Å². The van der Waals surface area contributed by atoms with Crippen LogP contribution in [0.15, 0.2) is 39.8 Å². The molecule has 21 heavy (non-hydrogen) atoms. The fraction of sp³-hybridized carbons (Fsp3) is 0.267. The van der Waals surface area contributed by atoms with Gasteiger partial charge in [0.1, 0.15) is 5.76 Å². The first-order valence-electron chi connectivity index (χ1n) is 6.63. The number of rotatable bonds is 4. The smallest absolute Gasteiger partial charge is 0.241 e. The number of nitrogens with one attached hydrogen (secondary N) is 1. The number of nitrogens with zero attached hydrogens (tertiary/aromatic N) is 1. The SMILES string of the molecule is Cc1ccc(-c2c(C)noc2C)cc1S(=O)(=O)NC1C=C1. The molecule has 0 radical (unpaired) electrons. The molecule has 0 amide bonds. The predicted octanol–water partition coefficient (Wildman–Crippen LogP) is 2.48. The van der Waals surface area contributed by atoms with E-state index < -0.39 is 10.0 Å². The highest BCUT2D eigenvalue weighted by atomic mass is 32.2. The largest absolute Gasteiger partial charge is 0.361 e. The van der Waals surface area contributed by atoms with Crippen LogP contribution < -0.4 is 4.72 Å². The zero-order valence-corrected chi connectivity index (χ0v) is 12.9. The molecule has 1 N–H and O–H groups in total. The molecule has 6 heteroatoms. The normalized spacial score (nSPS) is 14.6. The Balaban J connectivity index is 2.08. The summed E-state index contributed by atoms with van der Waals surface area (Å²) in [6.07, 6.45) is 3.59. The second-order valence-electron chi connectivity index (χ2n) is 5.21. The molecule has 3 rings (SSSR count). The minimum atomic E-state index is -3.53. The molecular weight excluding hydrogens is 288 g/mol. The molecule has 0 atom stereocenters. The maximum atomic E-state index is 12.4. The summed E-state index contributed by atoms with van der Waals surface area (Å²) in [5, 5.41) is 3.92. The second-order valence-corrected chi connectivity index (χ2v) is 6.89. The molecule has 1 aliphatic carbocycles. The van der Waals surface area contributed by atoms with Crippen molar-refractivity contribution in [2.24, 2.45) is 0 Å². The summed E-state index contributed by atoms with van der Waals surface area (Å²) >= 11 is 0. The Bertz CT molecular complexity index is 809. The molecule has 0 fully saturated rings. The molecule has 2 aromatic rings. The van der Waals surface area contributed by atoms with Crippen LogP contribution in [0.4, 0.5) is 0 Å². The summed E-state index contributed by atoms with van der Waals surface area (Å²) in [5.41, 5.74) is 3.09. The fourth-order valence-electron chi connectivity index (χ4n) is 2.32. The van der Waals surface area contributed by atoms with E-state index in [-0.39, 0.29) is 10.9 Å². The maximum Gasteiger partial charge on any atom is 0.241 e. The molecule has 1 aromatic heterocycles. The van der Waals surface area contributed by atoms with Gasteiger partial charge in [0, 0.05) is 5.56 Å². The minimum Gasteiger partial charge on any atom is -0.361 e. The van der Waals surface area contributed by atoms with Gasteiger partial charge in [0.15, 0.2) is 0 Å². The number of aryl methyl sites for hydroxylation is 3. The summed E-state index contributed by atoms with van der Waals surface area (Å²) < 4.78 is 32.6. The van der Waals surface area contributed by atoms with Crippen molar-refractivity contribution >= 4 is 10.0 Å². The monoisotopic (exact) mass is 304 g/mol. The topological polar surface area (TPSA) is 72.2 Å². The van der Waals surface area contributed by atoms with Crippen molar-refractivity contribution in [3.63, 3.8) is 0 Å². The molecule has 0 saturated carbocycles. The summed E-state index contributed by atoms with van der Waals surface area (Å²) in [7, 11) is -3.53. The Hall–Kier alpha value is -1.92. The van der Waals surface area contributed by atoms with E-state index in [0.717, 1.165) is 16.8 Å². The number of aromatic nitrogens is 1. The molecule has 1 heterocycles. The van der Waals surface area contributed by atoms with Crippen LogP contribution in [0.1, 0.15) is 17.0 Å². The third-order valence-electron chi connectivity index (χ3n) is 3.48. The van der Waals surface area contributed by atoms with Crippen LogP contribution in [0.3, 0.4) is 0 Å². The van der Waals surface area contributed by atoms with Gasteiger partial charge in [0.25, 0.3) is 0 Å². The van der Waals surface area contributed by atoms with Crippen LogP contribution in [-0.2, 0) is 10.0 Å². The summed E-state index contributed by atoms with van der Waals surface area (Å²) in [5.74, 6) is 0.677. The zero-order chi connectivity index (χ0) is 15.2. The van der Waals surface area contributed by atoms with Gasteiger partial charge in [-0.1, -0.05) is 29.4 Å². The third kappa shape index (κ3) is 2.64. The van der Waals surface area contributed by atoms with E-state index in [0.29, 0.717) is 11.3 Å². The molecule has 1 aromatic carbocycles. The van der Waals surface area contributed by atoms with E-state index in [4.69, 9.17) is 4.52 Å². The average Bonchev–Trinajstić information content (AvgIpc) is 3.15. The van der Waals surface area contributed by atoms with Crippen molar-refractivity contribution in [2.75, 3.05) is 0 Å². The molecule has 0 spiro atoms. The Labute approximate surface area is 123 Å². The van der Waals surface area contributed by atoms with Crippen molar-refractivity contribution < 1.29 is 12.9 Å². The van der Waals surface area contributed by atoms with Crippen LogP contribution in [-0.4, -0.2) is 19.6 Å². The van der Waals surface area contributed by atoms with Crippen molar-refractivity contribution in [1.29, 1.82) is 0 Å². The van der Waals surface area contributed by atoms with Crippen LogP contribution in [0.2, 0.25) is 0 Å². The van der Waals surface area contributed by atoms with Crippen LogP contribution in [0.25, 0.3) is 11.1 Å². The Morgan fingerprint density at radius 2 is 1.90 bits per heavy atom. The van der Waals surface area contributed by atoms with Gasteiger partial charge >= 0.3 is 0 Å². The van der Waals surface area contributed by atoms with E-state index in [2.05, 4.69) is 9.88 Å². The van der Waals surface area contributed by atoms with Gasteiger partial charge in [-0.25, -0.2) is 13.1 Å². The summed E-state index contributed by atoms with van der Waals surface area (Å²) in [6.45, 7) is 5.44. The number of hydrogen-bond donors (Lipinski definition) is 1. The first-order valence-corrected chi connectivity index (χ1v) is 8.11. The first-order chi connectivity index (χ1) is 9.88. The molecule has 5 nitrogen and oxygen atoms in total. The lowest BCUT2D eigenvalue weighted by Gasteiger charge is -2.11. The van der Waals surface area contributed by atoms with E-state index in [1.807, 2.05) is 19.9 Å². The van der Waals surface area contributed by atoms with E-state index in [1.165, 1.54) is 0 Å². The van der Waals surface area contributed by atoms with Gasteiger partial charge in [0.05, 0.1) is 16.6 Å². The molecular formula is C15H16N2O3S. The third-order valence-corrected chi connectivity index (χ3v) is 5.08. The predicted molar refractivity (Wildman–Crippen MR) is 79.4 cm³/mol. The summed E-state index contributed by atoms with van der Waals surface area (Å²) in [6, 6.07) is 5.20. The van der Waals surface area contributed by atoms with Crippen LogP contribution in [0, 0.1) is 20.8 Å². The highest BCUT2D eigenvalue weighted by Gasteiger charge is 2.24. The number of benzene rings is 1. The number of sulfonamides is 1. The van der Waals surface area contributed by atoms with Crippen LogP contribution in [0.5, 0.6) is 0 Å². The van der Waals surface area contributed by atoms with Gasteiger partial charge in [-0.05, 0) is 38.0 Å². The molecule has 1 aliphatic rings. The highest BCUT2D eigenvalue weighted by Crippen LogP contribution is 2.30. The van der Waals surface area contributed by atoms with Crippen LogP contribution >= 0.6 is 0 Å². The van der Waals surface area contributed by atoms with Gasteiger partial charge < -0.3 is 4.52 Å². The van der Waals surface area contributed by atoms with E-state index in [9.17, 15) is 8.42 Å². The van der Waals surface area contributed by atoms with Gasteiger partial charge in [-0.3, -0.25) is 0 Å². The van der Waals surface area contributed by atoms with Gasteiger partial charge in [-0.2, -0.15) is 0 Å². The standard InChI is InChI=1S/C15H16N2O3S/c1-9-4-5-12(15-10(2)16-20-11(15)3)8-14(9)21(18,19)17-13-6-7-13/h4-8,13,17H,1-3H3. The molecule has 0 aliphatic heterocycles. The first kappa shape index (κ1) is 14.0.